The lowest BCUT2D eigenvalue weighted by atomic mass is 10.2. The molecule has 0 heterocycles. The smallest absolute Gasteiger partial charge is 0.254 e. The second-order valence-electron chi connectivity index (χ2n) is 2.86. The fraction of sp³-hybridized carbons (Fsp3) is 0.222. The van der Waals surface area contributed by atoms with Crippen LogP contribution in [0.4, 0.5) is 0 Å². The monoisotopic (exact) mass is 199 g/mol. The molecule has 1 amide bonds. The van der Waals surface area contributed by atoms with E-state index >= 15 is 0 Å². The maximum atomic E-state index is 11.4. The van der Waals surface area contributed by atoms with Crippen molar-refractivity contribution in [3.05, 3.63) is 28.8 Å². The van der Waals surface area contributed by atoms with Crippen molar-refractivity contribution in [3.8, 4) is 5.75 Å². The van der Waals surface area contributed by atoms with Crippen LogP contribution in [0.2, 0.25) is 5.02 Å². The van der Waals surface area contributed by atoms with E-state index in [0.29, 0.717) is 10.6 Å². The van der Waals surface area contributed by atoms with Gasteiger partial charge < -0.3 is 10.0 Å². The number of phenolic OH excluding ortho intramolecular Hbond substituents is 1. The Morgan fingerprint density at radius 3 is 2.62 bits per heavy atom. The van der Waals surface area contributed by atoms with Crippen LogP contribution in [-0.4, -0.2) is 30.0 Å². The largest absolute Gasteiger partial charge is 0.508 e. The standard InChI is InChI=1S/C9H10ClNO2/c1-11(2)9(13)7-5-6(12)3-4-8(7)10/h3-5,12H,1-2H3. The van der Waals surface area contributed by atoms with Gasteiger partial charge in [0.15, 0.2) is 0 Å². The molecule has 0 saturated heterocycles. The molecule has 1 aromatic rings. The average molecular weight is 200 g/mol. The Morgan fingerprint density at radius 1 is 1.46 bits per heavy atom. The number of hydrogen-bond acceptors (Lipinski definition) is 2. The number of rotatable bonds is 1. The highest BCUT2D eigenvalue weighted by molar-refractivity contribution is 6.33. The van der Waals surface area contributed by atoms with Crippen LogP contribution in [0, 0.1) is 0 Å². The van der Waals surface area contributed by atoms with Gasteiger partial charge in [-0.3, -0.25) is 4.79 Å². The highest BCUT2D eigenvalue weighted by Crippen LogP contribution is 2.21. The molecule has 0 aliphatic carbocycles. The predicted molar refractivity (Wildman–Crippen MR) is 51.1 cm³/mol. The van der Waals surface area contributed by atoms with E-state index in [1.807, 2.05) is 0 Å². The van der Waals surface area contributed by atoms with Crippen molar-refractivity contribution in [1.82, 2.24) is 4.90 Å². The van der Waals surface area contributed by atoms with E-state index in [0.717, 1.165) is 0 Å². The van der Waals surface area contributed by atoms with E-state index in [2.05, 4.69) is 0 Å². The Balaban J connectivity index is 3.13. The summed E-state index contributed by atoms with van der Waals surface area (Å²) in [6, 6.07) is 4.28. The van der Waals surface area contributed by atoms with Crippen molar-refractivity contribution in [1.29, 1.82) is 0 Å². The Kier molecular flexibility index (Phi) is 2.78. The number of benzene rings is 1. The number of hydrogen-bond donors (Lipinski definition) is 1. The molecule has 0 saturated carbocycles. The van der Waals surface area contributed by atoms with Gasteiger partial charge in [0.2, 0.25) is 0 Å². The molecule has 0 atom stereocenters. The van der Waals surface area contributed by atoms with Crippen molar-refractivity contribution in [2.75, 3.05) is 14.1 Å². The summed E-state index contributed by atoms with van der Waals surface area (Å²) in [7, 11) is 3.26. The zero-order valence-electron chi connectivity index (χ0n) is 7.41. The van der Waals surface area contributed by atoms with Gasteiger partial charge in [-0.15, -0.1) is 0 Å². The van der Waals surface area contributed by atoms with Gasteiger partial charge in [-0.25, -0.2) is 0 Å². The number of carbonyl (C=O) groups is 1. The average Bonchev–Trinajstić information content (AvgIpc) is 2.08. The summed E-state index contributed by atoms with van der Waals surface area (Å²) < 4.78 is 0. The number of nitrogens with zero attached hydrogens (tertiary/aromatic N) is 1. The van der Waals surface area contributed by atoms with Gasteiger partial charge in [0.05, 0.1) is 10.6 Å². The van der Waals surface area contributed by atoms with Crippen LogP contribution in [0.1, 0.15) is 10.4 Å². The molecule has 0 aromatic heterocycles. The topological polar surface area (TPSA) is 40.5 Å². The maximum Gasteiger partial charge on any atom is 0.254 e. The summed E-state index contributed by atoms with van der Waals surface area (Å²) in [4.78, 5) is 12.9. The molecule has 3 nitrogen and oxygen atoms in total. The van der Waals surface area contributed by atoms with Crippen molar-refractivity contribution in [2.45, 2.75) is 0 Å². The number of aromatic hydroxyl groups is 1. The Bertz CT molecular complexity index is 336. The van der Waals surface area contributed by atoms with Gasteiger partial charge in [0.25, 0.3) is 5.91 Å². The summed E-state index contributed by atoms with van der Waals surface area (Å²) >= 11 is 5.78. The zero-order valence-corrected chi connectivity index (χ0v) is 8.17. The van der Waals surface area contributed by atoms with Gasteiger partial charge in [-0.1, -0.05) is 11.6 Å². The van der Waals surface area contributed by atoms with Crippen LogP contribution in [-0.2, 0) is 0 Å². The minimum Gasteiger partial charge on any atom is -0.508 e. The summed E-state index contributed by atoms with van der Waals surface area (Å²) in [5.74, 6) is -0.185. The summed E-state index contributed by atoms with van der Waals surface area (Å²) in [6.45, 7) is 0. The molecule has 0 spiro atoms. The molecule has 70 valence electrons. The molecule has 1 rings (SSSR count). The minimum atomic E-state index is -0.221. The predicted octanol–water partition coefficient (Wildman–Crippen LogP) is 1.75. The number of halogens is 1. The third kappa shape index (κ3) is 2.12. The van der Waals surface area contributed by atoms with Crippen LogP contribution in [0.3, 0.4) is 0 Å². The molecule has 0 radical (unpaired) electrons. The summed E-state index contributed by atoms with van der Waals surface area (Å²) in [5, 5.41) is 9.48. The highest BCUT2D eigenvalue weighted by Gasteiger charge is 2.12. The molecular weight excluding hydrogens is 190 g/mol. The number of phenols is 1. The second-order valence-corrected chi connectivity index (χ2v) is 3.27. The van der Waals surface area contributed by atoms with Crippen molar-refractivity contribution >= 4 is 17.5 Å². The molecule has 0 bridgehead atoms. The van der Waals surface area contributed by atoms with E-state index in [9.17, 15) is 4.79 Å². The van der Waals surface area contributed by atoms with Crippen LogP contribution >= 0.6 is 11.6 Å². The van der Waals surface area contributed by atoms with Crippen LogP contribution in [0.25, 0.3) is 0 Å². The summed E-state index contributed by atoms with van der Waals surface area (Å²) in [6.07, 6.45) is 0. The quantitative estimate of drug-likeness (QED) is 0.749. The highest BCUT2D eigenvalue weighted by atomic mass is 35.5. The molecule has 0 unspecified atom stereocenters. The first-order valence-electron chi connectivity index (χ1n) is 3.72. The summed E-state index contributed by atoms with van der Waals surface area (Å²) in [5.41, 5.74) is 0.312. The first-order valence-corrected chi connectivity index (χ1v) is 4.10. The Morgan fingerprint density at radius 2 is 2.08 bits per heavy atom. The molecule has 4 heteroatoms. The van der Waals surface area contributed by atoms with Crippen molar-refractivity contribution < 1.29 is 9.90 Å². The van der Waals surface area contributed by atoms with E-state index in [4.69, 9.17) is 16.7 Å². The normalized spacial score (nSPS) is 9.77. The first kappa shape index (κ1) is 9.86. The van der Waals surface area contributed by atoms with Gasteiger partial charge >= 0.3 is 0 Å². The second kappa shape index (κ2) is 3.66. The lowest BCUT2D eigenvalue weighted by molar-refractivity contribution is 0.0827. The fourth-order valence-electron chi connectivity index (χ4n) is 0.918. The number of amides is 1. The van der Waals surface area contributed by atoms with E-state index in [-0.39, 0.29) is 11.7 Å². The van der Waals surface area contributed by atoms with Gasteiger partial charge in [-0.2, -0.15) is 0 Å². The number of carbonyl (C=O) groups excluding carboxylic acids is 1. The molecule has 0 aliphatic heterocycles. The maximum absolute atomic E-state index is 11.4. The Labute approximate surface area is 81.5 Å². The molecular formula is C9H10ClNO2. The van der Waals surface area contributed by atoms with Crippen molar-refractivity contribution in [2.24, 2.45) is 0 Å². The van der Waals surface area contributed by atoms with Crippen molar-refractivity contribution in [3.63, 3.8) is 0 Å². The minimum absolute atomic E-state index is 0.0367. The lowest BCUT2D eigenvalue weighted by Crippen LogP contribution is -2.21. The molecule has 0 fully saturated rings. The third-order valence-corrected chi connectivity index (χ3v) is 1.92. The first-order chi connectivity index (χ1) is 6.02. The third-order valence-electron chi connectivity index (χ3n) is 1.59. The van der Waals surface area contributed by atoms with E-state index in [1.165, 1.54) is 23.1 Å². The zero-order chi connectivity index (χ0) is 10.0. The van der Waals surface area contributed by atoms with E-state index in [1.54, 1.807) is 14.1 Å². The van der Waals surface area contributed by atoms with Gasteiger partial charge in [0, 0.05) is 14.1 Å². The van der Waals surface area contributed by atoms with Gasteiger partial charge in [0.1, 0.15) is 5.75 Å². The van der Waals surface area contributed by atoms with E-state index < -0.39 is 0 Å². The van der Waals surface area contributed by atoms with Crippen LogP contribution in [0.5, 0.6) is 5.75 Å². The Hall–Kier alpha value is -1.22. The molecule has 1 N–H and O–H groups in total. The van der Waals surface area contributed by atoms with Crippen LogP contribution < -0.4 is 0 Å². The lowest BCUT2D eigenvalue weighted by Gasteiger charge is -2.11. The van der Waals surface area contributed by atoms with Crippen LogP contribution in [0.15, 0.2) is 18.2 Å². The molecule has 1 aromatic carbocycles. The molecule has 13 heavy (non-hydrogen) atoms. The molecule has 0 aliphatic rings. The van der Waals surface area contributed by atoms with Gasteiger partial charge in [-0.05, 0) is 18.2 Å². The SMILES string of the molecule is CN(C)C(=O)c1cc(O)ccc1Cl. The fourth-order valence-corrected chi connectivity index (χ4v) is 1.12.